The zero-order valence-electron chi connectivity index (χ0n) is 21.1. The molecule has 0 bridgehead atoms. The number of fused-ring (bicyclic) bond motifs is 3. The first-order valence-electron chi connectivity index (χ1n) is 12.2. The first-order chi connectivity index (χ1) is 18.7. The van der Waals surface area contributed by atoms with E-state index in [0.29, 0.717) is 5.11 Å². The Morgan fingerprint density at radius 2 is 1.87 bits per heavy atom. The second-order valence-corrected chi connectivity index (χ2v) is 10.4. The first-order valence-corrected chi connectivity index (χ1v) is 13.4. The summed E-state index contributed by atoms with van der Waals surface area (Å²) < 4.78 is 39.8. The molecule has 0 saturated heterocycles. The highest BCUT2D eigenvalue weighted by atomic mass is 32.2. The molecule has 2 N–H and O–H groups in total. The normalized spacial score (nSPS) is 11.9. The van der Waals surface area contributed by atoms with E-state index in [1.54, 1.807) is 24.7 Å². The van der Waals surface area contributed by atoms with E-state index < -0.39 is 5.51 Å². The van der Waals surface area contributed by atoms with E-state index in [2.05, 4.69) is 33.8 Å². The summed E-state index contributed by atoms with van der Waals surface area (Å²) in [5.41, 5.74) is 5.16. The molecule has 0 saturated carbocycles. The summed E-state index contributed by atoms with van der Waals surface area (Å²) in [6.07, 6.45) is 4.28. The maximum absolute atomic E-state index is 12.7. The molecule has 0 amide bonds. The fourth-order valence-corrected chi connectivity index (χ4v) is 5.13. The van der Waals surface area contributed by atoms with Gasteiger partial charge in [-0.05, 0) is 95.8 Å². The van der Waals surface area contributed by atoms with Crippen molar-refractivity contribution in [3.05, 3.63) is 95.8 Å². The minimum Gasteiger partial charge on any atom is -0.331 e. The quantitative estimate of drug-likeness (QED) is 0.0950. The van der Waals surface area contributed by atoms with Crippen LogP contribution in [-0.2, 0) is 6.42 Å². The molecule has 5 nitrogen and oxygen atoms in total. The van der Waals surface area contributed by atoms with Crippen LogP contribution in [0.1, 0.15) is 23.6 Å². The molecule has 5 rings (SSSR count). The van der Waals surface area contributed by atoms with Crippen molar-refractivity contribution in [2.75, 3.05) is 5.32 Å². The third-order valence-corrected chi connectivity index (χ3v) is 7.20. The van der Waals surface area contributed by atoms with Gasteiger partial charge >= 0.3 is 5.51 Å². The monoisotopic (exact) mass is 563 g/mol. The van der Waals surface area contributed by atoms with Crippen LogP contribution in [0.5, 0.6) is 0 Å². The molecule has 1 aromatic heterocycles. The van der Waals surface area contributed by atoms with Crippen molar-refractivity contribution in [2.24, 2.45) is 5.10 Å². The molecule has 5 aromatic rings. The molecule has 0 radical (unpaired) electrons. The number of halogens is 3. The molecule has 0 aliphatic heterocycles. The van der Waals surface area contributed by atoms with Gasteiger partial charge in [-0.25, -0.2) is 4.98 Å². The number of alkyl halides is 3. The van der Waals surface area contributed by atoms with Gasteiger partial charge in [-0.2, -0.15) is 18.3 Å². The van der Waals surface area contributed by atoms with Crippen molar-refractivity contribution in [2.45, 2.75) is 30.7 Å². The van der Waals surface area contributed by atoms with E-state index in [1.165, 1.54) is 17.7 Å². The Bertz CT molecular complexity index is 1690. The zero-order valence-corrected chi connectivity index (χ0v) is 22.7. The lowest BCUT2D eigenvalue weighted by Gasteiger charge is -2.14. The summed E-state index contributed by atoms with van der Waals surface area (Å²) in [6.45, 7) is 4.14. The summed E-state index contributed by atoms with van der Waals surface area (Å²) in [5, 5.41) is 9.89. The fourth-order valence-electron chi connectivity index (χ4n) is 4.43. The molecule has 10 heteroatoms. The average Bonchev–Trinajstić information content (AvgIpc) is 3.34. The fraction of sp³-hybridized carbons (Fsp3) is 0.138. The Hall–Kier alpha value is -3.89. The average molecular weight is 564 g/mol. The molecule has 0 fully saturated rings. The minimum absolute atomic E-state index is 0.128. The number of aromatic nitrogens is 2. The molecule has 0 unspecified atom stereocenters. The van der Waals surface area contributed by atoms with E-state index in [0.717, 1.165) is 50.7 Å². The number of anilines is 1. The maximum Gasteiger partial charge on any atom is 0.446 e. The van der Waals surface area contributed by atoms with E-state index in [-0.39, 0.29) is 16.7 Å². The largest absolute Gasteiger partial charge is 0.446 e. The minimum atomic E-state index is -4.31. The van der Waals surface area contributed by atoms with Crippen LogP contribution < -0.4 is 10.7 Å². The van der Waals surface area contributed by atoms with Gasteiger partial charge in [0.15, 0.2) is 5.11 Å². The second-order valence-electron chi connectivity index (χ2n) is 8.86. The molecular weight excluding hydrogens is 539 g/mol. The second kappa shape index (κ2) is 11.1. The lowest BCUT2D eigenvalue weighted by molar-refractivity contribution is -0.0328. The lowest BCUT2D eigenvalue weighted by atomic mass is 10.1. The first kappa shape index (κ1) is 26.7. The molecule has 1 heterocycles. The number of imidazole rings is 1. The smallest absolute Gasteiger partial charge is 0.331 e. The lowest BCUT2D eigenvalue weighted by Crippen LogP contribution is -2.25. The van der Waals surface area contributed by atoms with Gasteiger partial charge < -0.3 is 5.32 Å². The summed E-state index contributed by atoms with van der Waals surface area (Å²) >= 11 is 5.30. The number of hydrogen-bond donors (Lipinski definition) is 2. The third-order valence-electron chi connectivity index (χ3n) is 6.26. The van der Waals surface area contributed by atoms with Crippen molar-refractivity contribution < 1.29 is 13.2 Å². The number of benzene rings is 4. The van der Waals surface area contributed by atoms with Crippen molar-refractivity contribution in [3.63, 3.8) is 0 Å². The number of aryl methyl sites for hydroxylation is 2. The van der Waals surface area contributed by atoms with Gasteiger partial charge in [0.05, 0.1) is 17.2 Å². The van der Waals surface area contributed by atoms with Crippen LogP contribution in [0.3, 0.4) is 0 Å². The predicted octanol–water partition coefficient (Wildman–Crippen LogP) is 7.98. The summed E-state index contributed by atoms with van der Waals surface area (Å²) in [4.78, 5) is 4.73. The van der Waals surface area contributed by atoms with Gasteiger partial charge in [0, 0.05) is 21.7 Å². The summed E-state index contributed by atoms with van der Waals surface area (Å²) in [6, 6.07) is 22.3. The Morgan fingerprint density at radius 1 is 1.08 bits per heavy atom. The van der Waals surface area contributed by atoms with Gasteiger partial charge in [-0.3, -0.25) is 9.99 Å². The molecule has 0 atom stereocenters. The summed E-state index contributed by atoms with van der Waals surface area (Å²) in [7, 11) is 0. The van der Waals surface area contributed by atoms with Gasteiger partial charge in [-0.1, -0.05) is 43.3 Å². The molecule has 0 aliphatic rings. The molecule has 0 aliphatic carbocycles. The predicted molar refractivity (Wildman–Crippen MR) is 158 cm³/mol. The highest BCUT2D eigenvalue weighted by molar-refractivity contribution is 8.00. The number of hydrazone groups is 1. The van der Waals surface area contributed by atoms with Crippen LogP contribution in [0.15, 0.2) is 89.1 Å². The zero-order chi connectivity index (χ0) is 27.6. The van der Waals surface area contributed by atoms with Crippen LogP contribution in [-0.4, -0.2) is 26.4 Å². The molecule has 39 heavy (non-hydrogen) atoms. The highest BCUT2D eigenvalue weighted by Crippen LogP contribution is 2.37. The number of hydrogen-bond acceptors (Lipinski definition) is 4. The third kappa shape index (κ3) is 6.07. The number of para-hydroxylation sites is 1. The number of thiocarbonyl (C=S) groups is 1. The number of nitrogens with one attached hydrogen (secondary N) is 2. The number of nitrogens with zero attached hydrogens (tertiary/aromatic N) is 3. The highest BCUT2D eigenvalue weighted by Gasteiger charge is 2.29. The molecule has 198 valence electrons. The number of thioether (sulfide) groups is 1. The van der Waals surface area contributed by atoms with Crippen molar-refractivity contribution in [3.8, 4) is 5.69 Å². The Balaban J connectivity index is 1.32. The van der Waals surface area contributed by atoms with Crippen LogP contribution in [0.25, 0.3) is 27.5 Å². The van der Waals surface area contributed by atoms with Crippen LogP contribution >= 0.6 is 24.0 Å². The van der Waals surface area contributed by atoms with E-state index >= 15 is 0 Å². The summed E-state index contributed by atoms with van der Waals surface area (Å²) in [5.74, 6) is 0. The van der Waals surface area contributed by atoms with Crippen LogP contribution in [0.4, 0.5) is 18.9 Å². The van der Waals surface area contributed by atoms with Crippen molar-refractivity contribution in [1.29, 1.82) is 0 Å². The van der Waals surface area contributed by atoms with E-state index in [9.17, 15) is 13.2 Å². The van der Waals surface area contributed by atoms with Gasteiger partial charge in [0.1, 0.15) is 6.33 Å². The van der Waals surface area contributed by atoms with Gasteiger partial charge in [-0.15, -0.1) is 0 Å². The standard InChI is InChI=1S/C29H24F3N5S2/c1-3-20-6-4-5-18(2)26(20)35-28(38)36-34-16-19-7-13-24-21(15-19)8-14-25-27(24)33-17-37(25)22-9-11-23(12-10-22)39-29(30,31)32/h4-17H,3H2,1-2H3,(H2,35,36,38). The van der Waals surface area contributed by atoms with Gasteiger partial charge in [0.2, 0.25) is 0 Å². The molecule has 4 aromatic carbocycles. The SMILES string of the molecule is CCc1cccc(C)c1NC(=S)NN=Cc1ccc2c(ccc3c2ncn3-c2ccc(SC(F)(F)F)cc2)c1. The van der Waals surface area contributed by atoms with Crippen molar-refractivity contribution >= 4 is 62.8 Å². The molecular formula is C29H24F3N5S2. The maximum atomic E-state index is 12.7. The van der Waals surface area contributed by atoms with E-state index in [4.69, 9.17) is 12.2 Å². The Morgan fingerprint density at radius 3 is 2.62 bits per heavy atom. The molecule has 0 spiro atoms. The Labute approximate surface area is 233 Å². The van der Waals surface area contributed by atoms with Gasteiger partial charge in [0.25, 0.3) is 0 Å². The topological polar surface area (TPSA) is 54.2 Å². The van der Waals surface area contributed by atoms with Crippen LogP contribution in [0, 0.1) is 6.92 Å². The van der Waals surface area contributed by atoms with Crippen LogP contribution in [0.2, 0.25) is 0 Å². The Kier molecular flexibility index (Phi) is 7.58. The van der Waals surface area contributed by atoms with E-state index in [1.807, 2.05) is 54.0 Å². The van der Waals surface area contributed by atoms with Crippen molar-refractivity contribution in [1.82, 2.24) is 15.0 Å². The number of rotatable bonds is 6.